The summed E-state index contributed by atoms with van der Waals surface area (Å²) in [7, 11) is 0. The van der Waals surface area contributed by atoms with Crippen molar-refractivity contribution in [2.45, 2.75) is 25.9 Å². The van der Waals surface area contributed by atoms with Crippen LogP contribution in [0.1, 0.15) is 29.8 Å². The molecule has 1 unspecified atom stereocenters. The number of aromatic nitrogens is 1. The molecular formula is C15H16ClNO. The van der Waals surface area contributed by atoms with Crippen molar-refractivity contribution in [2.75, 3.05) is 0 Å². The second kappa shape index (κ2) is 5.98. The maximum atomic E-state index is 10.3. The molecule has 1 atom stereocenters. The molecule has 2 nitrogen and oxygen atoms in total. The van der Waals surface area contributed by atoms with Gasteiger partial charge in [-0.15, -0.1) is 0 Å². The molecule has 0 bridgehead atoms. The Morgan fingerprint density at radius 1 is 1.28 bits per heavy atom. The standard InChI is InChI=1S/C15H16ClNO/c1-2-12-6-4-8-17-15(12)14(18)10-11-5-3-7-13(16)9-11/h3-9,14,18H,2,10H2,1H3. The summed E-state index contributed by atoms with van der Waals surface area (Å²) in [6, 6.07) is 11.5. The molecule has 0 radical (unpaired) electrons. The molecule has 1 heterocycles. The van der Waals surface area contributed by atoms with Crippen LogP contribution < -0.4 is 0 Å². The van der Waals surface area contributed by atoms with Gasteiger partial charge in [0.1, 0.15) is 6.10 Å². The Labute approximate surface area is 112 Å². The molecule has 3 heteroatoms. The van der Waals surface area contributed by atoms with Crippen molar-refractivity contribution in [3.05, 3.63) is 64.4 Å². The predicted molar refractivity (Wildman–Crippen MR) is 73.7 cm³/mol. The van der Waals surface area contributed by atoms with Crippen LogP contribution in [0.2, 0.25) is 5.02 Å². The number of hydrogen-bond donors (Lipinski definition) is 1. The Morgan fingerprint density at radius 2 is 2.11 bits per heavy atom. The van der Waals surface area contributed by atoms with Crippen LogP contribution in [0.4, 0.5) is 0 Å². The topological polar surface area (TPSA) is 33.1 Å². The highest BCUT2D eigenvalue weighted by Gasteiger charge is 2.13. The number of aliphatic hydroxyl groups excluding tert-OH is 1. The first-order valence-electron chi connectivity index (χ1n) is 6.07. The number of benzene rings is 1. The minimum absolute atomic E-state index is 0.532. The maximum Gasteiger partial charge on any atom is 0.100 e. The van der Waals surface area contributed by atoms with E-state index in [9.17, 15) is 5.11 Å². The van der Waals surface area contributed by atoms with E-state index < -0.39 is 6.10 Å². The molecule has 0 aliphatic carbocycles. The lowest BCUT2D eigenvalue weighted by atomic mass is 10.0. The third-order valence-corrected chi connectivity index (χ3v) is 3.18. The van der Waals surface area contributed by atoms with Gasteiger partial charge in [0.25, 0.3) is 0 Å². The molecular weight excluding hydrogens is 246 g/mol. The van der Waals surface area contributed by atoms with Crippen molar-refractivity contribution >= 4 is 11.6 Å². The van der Waals surface area contributed by atoms with Crippen LogP contribution >= 0.6 is 11.6 Å². The van der Waals surface area contributed by atoms with Gasteiger partial charge < -0.3 is 5.11 Å². The molecule has 0 saturated heterocycles. The van der Waals surface area contributed by atoms with E-state index in [0.717, 1.165) is 23.2 Å². The maximum absolute atomic E-state index is 10.3. The zero-order valence-electron chi connectivity index (χ0n) is 10.3. The van der Waals surface area contributed by atoms with Crippen LogP contribution in [0, 0.1) is 0 Å². The van der Waals surface area contributed by atoms with Crippen LogP contribution in [-0.4, -0.2) is 10.1 Å². The van der Waals surface area contributed by atoms with Gasteiger partial charge in [-0.1, -0.05) is 36.7 Å². The van der Waals surface area contributed by atoms with E-state index in [1.807, 2.05) is 36.4 Å². The van der Waals surface area contributed by atoms with E-state index in [0.29, 0.717) is 11.4 Å². The number of hydrogen-bond acceptors (Lipinski definition) is 2. The zero-order chi connectivity index (χ0) is 13.0. The van der Waals surface area contributed by atoms with Crippen molar-refractivity contribution in [1.29, 1.82) is 0 Å². The number of rotatable bonds is 4. The quantitative estimate of drug-likeness (QED) is 0.913. The Bertz CT molecular complexity index is 527. The Morgan fingerprint density at radius 3 is 2.83 bits per heavy atom. The summed E-state index contributed by atoms with van der Waals surface area (Å²) < 4.78 is 0. The highest BCUT2D eigenvalue weighted by Crippen LogP contribution is 2.21. The fourth-order valence-corrected chi connectivity index (χ4v) is 2.25. The Kier molecular flexibility index (Phi) is 4.34. The second-order valence-electron chi connectivity index (χ2n) is 4.25. The summed E-state index contributed by atoms with van der Waals surface area (Å²) in [5, 5.41) is 11.0. The van der Waals surface area contributed by atoms with Crippen molar-refractivity contribution < 1.29 is 5.11 Å². The summed E-state index contributed by atoms with van der Waals surface area (Å²) >= 11 is 5.94. The van der Waals surface area contributed by atoms with Gasteiger partial charge in [-0.3, -0.25) is 4.98 Å². The summed E-state index contributed by atoms with van der Waals surface area (Å²) in [6.07, 6.45) is 2.54. The van der Waals surface area contributed by atoms with Crippen LogP contribution in [-0.2, 0) is 12.8 Å². The third-order valence-electron chi connectivity index (χ3n) is 2.94. The van der Waals surface area contributed by atoms with E-state index >= 15 is 0 Å². The summed E-state index contributed by atoms with van der Waals surface area (Å²) in [5.41, 5.74) is 2.87. The second-order valence-corrected chi connectivity index (χ2v) is 4.69. The van der Waals surface area contributed by atoms with Gasteiger partial charge in [-0.2, -0.15) is 0 Å². The zero-order valence-corrected chi connectivity index (χ0v) is 11.1. The van der Waals surface area contributed by atoms with Gasteiger partial charge >= 0.3 is 0 Å². The first kappa shape index (κ1) is 13.1. The molecule has 94 valence electrons. The molecule has 0 amide bonds. The van der Waals surface area contributed by atoms with E-state index in [1.54, 1.807) is 6.20 Å². The average Bonchev–Trinajstić information content (AvgIpc) is 2.38. The fourth-order valence-electron chi connectivity index (χ4n) is 2.03. The smallest absolute Gasteiger partial charge is 0.100 e. The highest BCUT2D eigenvalue weighted by atomic mass is 35.5. The van der Waals surface area contributed by atoms with Crippen molar-refractivity contribution in [1.82, 2.24) is 4.98 Å². The molecule has 0 aliphatic rings. The Balaban J connectivity index is 2.19. The predicted octanol–water partition coefficient (Wildman–Crippen LogP) is 3.57. The number of aliphatic hydroxyl groups is 1. The number of aryl methyl sites for hydroxylation is 1. The van der Waals surface area contributed by atoms with Crippen LogP contribution in [0.25, 0.3) is 0 Å². The van der Waals surface area contributed by atoms with Crippen LogP contribution in [0.3, 0.4) is 0 Å². The molecule has 2 aromatic rings. The minimum Gasteiger partial charge on any atom is -0.386 e. The minimum atomic E-state index is -0.584. The van der Waals surface area contributed by atoms with Gasteiger partial charge in [-0.05, 0) is 35.7 Å². The summed E-state index contributed by atoms with van der Waals surface area (Å²) in [5.74, 6) is 0. The van der Waals surface area contributed by atoms with E-state index in [1.165, 1.54) is 0 Å². The van der Waals surface area contributed by atoms with Gasteiger partial charge in [-0.25, -0.2) is 0 Å². The molecule has 0 saturated carbocycles. The first-order valence-corrected chi connectivity index (χ1v) is 6.44. The van der Waals surface area contributed by atoms with Crippen molar-refractivity contribution in [3.8, 4) is 0 Å². The van der Waals surface area contributed by atoms with Gasteiger partial charge in [0.15, 0.2) is 0 Å². The lowest BCUT2D eigenvalue weighted by molar-refractivity contribution is 0.172. The SMILES string of the molecule is CCc1cccnc1C(O)Cc1cccc(Cl)c1. The van der Waals surface area contributed by atoms with Gasteiger partial charge in [0.2, 0.25) is 0 Å². The molecule has 1 aromatic heterocycles. The van der Waals surface area contributed by atoms with Gasteiger partial charge in [0, 0.05) is 17.6 Å². The van der Waals surface area contributed by atoms with Crippen LogP contribution in [0.5, 0.6) is 0 Å². The molecule has 1 N–H and O–H groups in total. The fraction of sp³-hybridized carbons (Fsp3) is 0.267. The van der Waals surface area contributed by atoms with E-state index in [2.05, 4.69) is 11.9 Å². The third kappa shape index (κ3) is 3.09. The molecule has 0 fully saturated rings. The largest absolute Gasteiger partial charge is 0.386 e. The highest BCUT2D eigenvalue weighted by molar-refractivity contribution is 6.30. The monoisotopic (exact) mass is 261 g/mol. The lowest BCUT2D eigenvalue weighted by Crippen LogP contribution is -2.07. The average molecular weight is 262 g/mol. The molecule has 2 rings (SSSR count). The number of nitrogens with zero attached hydrogens (tertiary/aromatic N) is 1. The van der Waals surface area contributed by atoms with Crippen molar-refractivity contribution in [3.63, 3.8) is 0 Å². The molecule has 1 aromatic carbocycles. The first-order chi connectivity index (χ1) is 8.70. The molecule has 0 spiro atoms. The Hall–Kier alpha value is -1.38. The molecule has 18 heavy (non-hydrogen) atoms. The summed E-state index contributed by atoms with van der Waals surface area (Å²) in [6.45, 7) is 2.06. The normalized spacial score (nSPS) is 12.4. The van der Waals surface area contributed by atoms with E-state index in [4.69, 9.17) is 11.6 Å². The summed E-state index contributed by atoms with van der Waals surface area (Å²) in [4.78, 5) is 4.29. The number of halogens is 1. The molecule has 0 aliphatic heterocycles. The number of pyridine rings is 1. The van der Waals surface area contributed by atoms with E-state index in [-0.39, 0.29) is 0 Å². The van der Waals surface area contributed by atoms with Crippen LogP contribution in [0.15, 0.2) is 42.6 Å². The van der Waals surface area contributed by atoms with Crippen molar-refractivity contribution in [2.24, 2.45) is 0 Å². The van der Waals surface area contributed by atoms with Gasteiger partial charge in [0.05, 0.1) is 5.69 Å². The lowest BCUT2D eigenvalue weighted by Gasteiger charge is -2.13.